The number of rotatable bonds is 7. The normalized spacial score (nSPS) is 24.3. The van der Waals surface area contributed by atoms with Gasteiger partial charge in [-0.1, -0.05) is 17.7 Å². The van der Waals surface area contributed by atoms with Gasteiger partial charge < -0.3 is 15.1 Å². The van der Waals surface area contributed by atoms with Crippen LogP contribution in [0.2, 0.25) is 0 Å². The number of nitrogens with one attached hydrogen (secondary N) is 1. The molecule has 0 aromatic heterocycles. The zero-order chi connectivity index (χ0) is 20.2. The molecule has 0 saturated carbocycles. The molecule has 3 rings (SSSR count). The first-order valence-electron chi connectivity index (χ1n) is 9.68. The molecule has 0 amide bonds. The number of benzene rings is 1. The minimum absolute atomic E-state index is 0.0855. The van der Waals surface area contributed by atoms with Crippen LogP contribution in [0, 0.1) is 6.92 Å². The van der Waals surface area contributed by atoms with Gasteiger partial charge in [-0.25, -0.2) is 4.99 Å². The molecule has 2 aliphatic rings. The van der Waals surface area contributed by atoms with Gasteiger partial charge in [-0.05, 0) is 48.1 Å². The van der Waals surface area contributed by atoms with Gasteiger partial charge in [0.15, 0.2) is 6.54 Å². The van der Waals surface area contributed by atoms with E-state index < -0.39 is 14.9 Å². The molecule has 3 N–H and O–H groups in total. The number of aliphatic imine (C=N–C) groups is 1. The van der Waals surface area contributed by atoms with E-state index in [0.29, 0.717) is 19.0 Å². The predicted octanol–water partition coefficient (Wildman–Crippen LogP) is -0.0975. The lowest BCUT2D eigenvalue weighted by Gasteiger charge is -2.32. The van der Waals surface area contributed by atoms with Crippen LogP contribution in [0.5, 0.6) is 0 Å². The fraction of sp³-hybridized carbons (Fsp3) is 0.611. The van der Waals surface area contributed by atoms with Crippen LogP contribution in [0.3, 0.4) is 0 Å². The summed E-state index contributed by atoms with van der Waals surface area (Å²) in [5.41, 5.74) is 0.973. The molecule has 1 atom stereocenters. The lowest BCUT2D eigenvalue weighted by molar-refractivity contribution is -1.01. The maximum atomic E-state index is 12.6. The molecule has 0 radical (unpaired) electrons. The van der Waals surface area contributed by atoms with E-state index in [0.717, 1.165) is 44.7 Å². The summed E-state index contributed by atoms with van der Waals surface area (Å²) >= 11 is 0. The van der Waals surface area contributed by atoms with Gasteiger partial charge in [0.1, 0.15) is 6.54 Å². The van der Waals surface area contributed by atoms with Crippen molar-refractivity contribution >= 4 is 16.1 Å². The number of hydroxylamine groups is 2. The third kappa shape index (κ3) is 5.28. The summed E-state index contributed by atoms with van der Waals surface area (Å²) in [6, 6.07) is 6.50. The Labute approximate surface area is 167 Å². The average molecular weight is 412 g/mol. The third-order valence-electron chi connectivity index (χ3n) is 5.12. The second-order valence-corrected chi connectivity index (χ2v) is 9.02. The predicted molar refractivity (Wildman–Crippen MR) is 108 cm³/mol. The van der Waals surface area contributed by atoms with Gasteiger partial charge in [0, 0.05) is 32.7 Å². The van der Waals surface area contributed by atoms with Crippen LogP contribution in [0.15, 0.2) is 34.2 Å². The molecule has 1 saturated heterocycles. The summed E-state index contributed by atoms with van der Waals surface area (Å²) < 4.78 is 29.9. The van der Waals surface area contributed by atoms with Crippen LogP contribution in [0.4, 0.5) is 0 Å². The monoisotopic (exact) mass is 411 g/mol. The summed E-state index contributed by atoms with van der Waals surface area (Å²) in [5.74, 6) is 6.58. The molecular formula is C18H31N6O3S+. The Morgan fingerprint density at radius 3 is 2.57 bits per heavy atom. The van der Waals surface area contributed by atoms with Gasteiger partial charge in [0.05, 0.1) is 4.90 Å². The van der Waals surface area contributed by atoms with Gasteiger partial charge in [-0.15, -0.1) is 5.84 Å². The first-order valence-corrected chi connectivity index (χ1v) is 11.1. The van der Waals surface area contributed by atoms with Gasteiger partial charge in [0.2, 0.25) is 0 Å². The largest absolute Gasteiger partial charge is 0.353 e. The van der Waals surface area contributed by atoms with Crippen LogP contribution in [0.25, 0.3) is 0 Å². The lowest BCUT2D eigenvalue weighted by atomic mass is 10.2. The Morgan fingerprint density at radius 2 is 1.89 bits per heavy atom. The van der Waals surface area contributed by atoms with Gasteiger partial charge in [-0.2, -0.15) is 8.42 Å². The number of nitrogens with two attached hydrogens (primary N) is 1. The van der Waals surface area contributed by atoms with E-state index in [1.165, 1.54) is 12.1 Å². The summed E-state index contributed by atoms with van der Waals surface area (Å²) in [7, 11) is -1.85. The average Bonchev–Trinajstić information content (AvgIpc) is 3.00. The molecule has 1 unspecified atom stereocenters. The molecule has 0 aliphatic carbocycles. The van der Waals surface area contributed by atoms with Crippen LogP contribution >= 0.6 is 0 Å². The quantitative estimate of drug-likeness (QED) is 0.367. The van der Waals surface area contributed by atoms with Crippen molar-refractivity contribution in [3.8, 4) is 0 Å². The summed E-state index contributed by atoms with van der Waals surface area (Å²) in [4.78, 5) is 9.16. The highest BCUT2D eigenvalue weighted by atomic mass is 32.2. The minimum atomic E-state index is -3.99. The Hall–Kier alpha value is -1.56. The molecule has 0 spiro atoms. The Morgan fingerprint density at radius 1 is 1.21 bits per heavy atom. The highest BCUT2D eigenvalue weighted by molar-refractivity contribution is 7.86. The number of hydrogen-bond acceptors (Lipinski definition) is 8. The van der Waals surface area contributed by atoms with E-state index in [-0.39, 0.29) is 11.4 Å². The van der Waals surface area contributed by atoms with Gasteiger partial charge >= 0.3 is 16.1 Å². The van der Waals surface area contributed by atoms with Crippen LogP contribution in [0.1, 0.15) is 12.0 Å². The fourth-order valence-electron chi connectivity index (χ4n) is 3.29. The minimum Gasteiger partial charge on any atom is -0.320 e. The van der Waals surface area contributed by atoms with Crippen molar-refractivity contribution in [1.82, 2.24) is 15.1 Å². The molecule has 156 valence electrons. The number of nitrogens with zero attached hydrogens (tertiary/aromatic N) is 4. The van der Waals surface area contributed by atoms with E-state index in [9.17, 15) is 8.42 Å². The molecule has 2 heterocycles. The zero-order valence-electron chi connectivity index (χ0n) is 16.7. The number of likely N-dealkylation sites (N-methyl/N-ethyl adjacent to an activating group) is 1. The van der Waals surface area contributed by atoms with Crippen molar-refractivity contribution in [2.75, 3.05) is 59.4 Å². The number of aryl methyl sites for hydroxylation is 1. The maximum absolute atomic E-state index is 12.6. The van der Waals surface area contributed by atoms with E-state index >= 15 is 0 Å². The summed E-state index contributed by atoms with van der Waals surface area (Å²) in [6.45, 7) is 8.56. The summed E-state index contributed by atoms with van der Waals surface area (Å²) in [5, 5.41) is 3.17. The topological polar surface area (TPSA) is 100 Å². The highest BCUT2D eigenvalue weighted by Gasteiger charge is 2.43. The second-order valence-electron chi connectivity index (χ2n) is 7.49. The molecule has 1 aromatic rings. The van der Waals surface area contributed by atoms with Gasteiger partial charge in [0.25, 0.3) is 0 Å². The number of hydrogen-bond donors (Lipinski definition) is 2. The molecule has 1 aromatic carbocycles. The molecular weight excluding hydrogens is 380 g/mol. The van der Waals surface area contributed by atoms with Crippen molar-refractivity contribution < 1.29 is 17.5 Å². The SMILES string of the molecule is Cc1ccc(S(=O)(=O)O[N+]2(N)CCN=C2NCCCN2CCN(C)CC2)cc1. The van der Waals surface area contributed by atoms with E-state index in [1.54, 1.807) is 12.1 Å². The van der Waals surface area contributed by atoms with Crippen LogP contribution < -0.4 is 11.2 Å². The van der Waals surface area contributed by atoms with Crippen molar-refractivity contribution in [1.29, 1.82) is 0 Å². The maximum Gasteiger partial charge on any atom is 0.353 e. The first kappa shape index (κ1) is 21.2. The van der Waals surface area contributed by atoms with Gasteiger partial charge in [-0.3, -0.25) is 0 Å². The van der Waals surface area contributed by atoms with Crippen LogP contribution in [-0.2, 0) is 14.4 Å². The van der Waals surface area contributed by atoms with E-state index in [4.69, 9.17) is 10.1 Å². The highest BCUT2D eigenvalue weighted by Crippen LogP contribution is 2.19. The van der Waals surface area contributed by atoms with Crippen molar-refractivity contribution in [3.63, 3.8) is 0 Å². The smallest absolute Gasteiger partial charge is 0.320 e. The number of quaternary nitrogens is 1. The Balaban J connectivity index is 1.52. The van der Waals surface area contributed by atoms with Crippen molar-refractivity contribution in [2.24, 2.45) is 10.8 Å². The molecule has 28 heavy (non-hydrogen) atoms. The Kier molecular flexibility index (Phi) is 6.69. The third-order valence-corrected chi connectivity index (χ3v) is 6.43. The lowest BCUT2D eigenvalue weighted by Crippen LogP contribution is -2.62. The standard InChI is InChI=1S/C18H31N6O3S/c1-16-4-6-17(7-5-16)28(25,26)27-24(19)15-9-21-18(24)20-8-3-10-23-13-11-22(2)12-14-23/h4-7H,3,8-15,19H2,1-2H3,(H,20,21)/q+1. The first-order chi connectivity index (χ1) is 13.3. The second kappa shape index (κ2) is 8.85. The molecule has 9 nitrogen and oxygen atoms in total. The van der Waals surface area contributed by atoms with E-state index in [2.05, 4.69) is 27.2 Å². The molecule has 0 bridgehead atoms. The van der Waals surface area contributed by atoms with Crippen molar-refractivity contribution in [2.45, 2.75) is 18.2 Å². The Bertz CT molecular complexity index is 790. The number of piperazine rings is 1. The number of guanidine groups is 1. The van der Waals surface area contributed by atoms with Crippen molar-refractivity contribution in [3.05, 3.63) is 29.8 Å². The molecule has 1 fully saturated rings. The molecule has 2 aliphatic heterocycles. The molecule has 10 heteroatoms. The zero-order valence-corrected chi connectivity index (χ0v) is 17.5. The van der Waals surface area contributed by atoms with Crippen LogP contribution in [-0.4, -0.2) is 88.3 Å². The van der Waals surface area contributed by atoms with E-state index in [1.807, 2.05) is 6.92 Å². The summed E-state index contributed by atoms with van der Waals surface area (Å²) in [6.07, 6.45) is 0.924. The fourth-order valence-corrected chi connectivity index (χ4v) is 4.34.